The third kappa shape index (κ3) is 1.05. The summed E-state index contributed by atoms with van der Waals surface area (Å²) in [5, 5.41) is 1.78. The zero-order valence-corrected chi connectivity index (χ0v) is 6.52. The monoisotopic (exact) mass is 166 g/mol. The Morgan fingerprint density at radius 1 is 1.27 bits per heavy atom. The van der Waals surface area contributed by atoms with Crippen molar-refractivity contribution in [2.24, 2.45) is 0 Å². The summed E-state index contributed by atoms with van der Waals surface area (Å²) in [5.74, 6) is 0.669. The number of rotatable bonds is 0. The van der Waals surface area contributed by atoms with Gasteiger partial charge in [0, 0.05) is 15.9 Å². The molecule has 0 radical (unpaired) electrons. The minimum Gasteiger partial charge on any atom is -0.385 e. The second-order valence-electron chi connectivity index (χ2n) is 2.46. The van der Waals surface area contributed by atoms with E-state index in [1.54, 1.807) is 0 Å². The van der Waals surface area contributed by atoms with Crippen molar-refractivity contribution in [3.05, 3.63) is 29.3 Å². The third-order valence-electron chi connectivity index (χ3n) is 1.60. The molecule has 11 heavy (non-hydrogen) atoms. The van der Waals surface area contributed by atoms with E-state index in [0.717, 1.165) is 15.9 Å². The molecule has 3 N–H and O–H groups in total. The number of aromatic nitrogens is 1. The van der Waals surface area contributed by atoms with Crippen LogP contribution in [0, 0.1) is 0 Å². The Hall–Kier alpha value is -1.15. The lowest BCUT2D eigenvalue weighted by Gasteiger charge is -1.88. The van der Waals surface area contributed by atoms with Crippen molar-refractivity contribution in [3.8, 4) is 0 Å². The van der Waals surface area contributed by atoms with Gasteiger partial charge in [-0.05, 0) is 24.3 Å². The molecule has 0 saturated heterocycles. The van der Waals surface area contributed by atoms with Gasteiger partial charge in [-0.1, -0.05) is 11.6 Å². The lowest BCUT2D eigenvalue weighted by atomic mass is 10.2. The fraction of sp³-hybridized carbons (Fsp3) is 0. The van der Waals surface area contributed by atoms with Crippen LogP contribution in [0.3, 0.4) is 0 Å². The van der Waals surface area contributed by atoms with E-state index >= 15 is 0 Å². The van der Waals surface area contributed by atoms with Gasteiger partial charge in [-0.25, -0.2) is 0 Å². The second-order valence-corrected chi connectivity index (χ2v) is 2.89. The molecule has 0 aliphatic carbocycles. The van der Waals surface area contributed by atoms with Crippen LogP contribution in [0.2, 0.25) is 5.02 Å². The van der Waals surface area contributed by atoms with Gasteiger partial charge in [0.1, 0.15) is 5.82 Å². The molecule has 3 heteroatoms. The lowest BCUT2D eigenvalue weighted by molar-refractivity contribution is 1.47. The van der Waals surface area contributed by atoms with Gasteiger partial charge in [0.15, 0.2) is 0 Å². The third-order valence-corrected chi connectivity index (χ3v) is 1.84. The summed E-state index contributed by atoms with van der Waals surface area (Å²) in [5.41, 5.74) is 6.56. The number of nitrogen functional groups attached to an aromatic ring is 1. The van der Waals surface area contributed by atoms with E-state index in [2.05, 4.69) is 4.98 Å². The molecule has 0 unspecified atom stereocenters. The van der Waals surface area contributed by atoms with Crippen LogP contribution in [0.15, 0.2) is 24.3 Å². The van der Waals surface area contributed by atoms with E-state index in [9.17, 15) is 0 Å². The van der Waals surface area contributed by atoms with Crippen LogP contribution in [0.4, 0.5) is 5.82 Å². The fourth-order valence-corrected chi connectivity index (χ4v) is 1.31. The molecule has 0 saturated carbocycles. The maximum absolute atomic E-state index is 5.77. The summed E-state index contributed by atoms with van der Waals surface area (Å²) >= 11 is 5.77. The SMILES string of the molecule is Nc1cc2cc(Cl)ccc2[nH]1. The van der Waals surface area contributed by atoms with Gasteiger partial charge in [-0.3, -0.25) is 0 Å². The van der Waals surface area contributed by atoms with E-state index in [1.807, 2.05) is 24.3 Å². The number of H-pyrrole nitrogens is 1. The molecule has 2 nitrogen and oxygen atoms in total. The van der Waals surface area contributed by atoms with E-state index in [4.69, 9.17) is 17.3 Å². The molecule has 1 aromatic carbocycles. The largest absolute Gasteiger partial charge is 0.385 e. The Morgan fingerprint density at radius 2 is 2.09 bits per heavy atom. The highest BCUT2D eigenvalue weighted by Crippen LogP contribution is 2.20. The average Bonchev–Trinajstić information content (AvgIpc) is 2.27. The Kier molecular flexibility index (Phi) is 1.29. The molecule has 0 atom stereocenters. The molecule has 2 rings (SSSR count). The number of halogens is 1. The average molecular weight is 167 g/mol. The normalized spacial score (nSPS) is 10.6. The smallest absolute Gasteiger partial charge is 0.101 e. The Bertz CT molecular complexity index is 392. The van der Waals surface area contributed by atoms with E-state index < -0.39 is 0 Å². The standard InChI is InChI=1S/C8H7ClN2/c9-6-1-2-7-5(3-6)4-8(10)11-7/h1-4,11H,10H2. The molecule has 1 aromatic heterocycles. The molecular formula is C8H7ClN2. The number of hydrogen-bond acceptors (Lipinski definition) is 1. The van der Waals surface area contributed by atoms with Crippen molar-refractivity contribution < 1.29 is 0 Å². The van der Waals surface area contributed by atoms with Gasteiger partial charge in [-0.15, -0.1) is 0 Å². The first-order valence-corrected chi connectivity index (χ1v) is 3.67. The summed E-state index contributed by atoms with van der Waals surface area (Å²) in [4.78, 5) is 3.00. The highest BCUT2D eigenvalue weighted by Gasteiger charge is 1.96. The highest BCUT2D eigenvalue weighted by molar-refractivity contribution is 6.31. The van der Waals surface area contributed by atoms with Crippen molar-refractivity contribution >= 4 is 28.3 Å². The number of anilines is 1. The second kappa shape index (κ2) is 2.17. The predicted octanol–water partition coefficient (Wildman–Crippen LogP) is 2.40. The summed E-state index contributed by atoms with van der Waals surface area (Å²) in [6.45, 7) is 0. The van der Waals surface area contributed by atoms with Gasteiger partial charge in [0.05, 0.1) is 0 Å². The van der Waals surface area contributed by atoms with Crippen LogP contribution >= 0.6 is 11.6 Å². The van der Waals surface area contributed by atoms with Crippen molar-refractivity contribution in [2.75, 3.05) is 5.73 Å². The van der Waals surface area contributed by atoms with Crippen LogP contribution < -0.4 is 5.73 Å². The van der Waals surface area contributed by atoms with Crippen molar-refractivity contribution in [1.82, 2.24) is 4.98 Å². The van der Waals surface area contributed by atoms with Gasteiger partial charge < -0.3 is 10.7 Å². The number of aromatic amines is 1. The van der Waals surface area contributed by atoms with Gasteiger partial charge in [0.25, 0.3) is 0 Å². The van der Waals surface area contributed by atoms with Crippen LogP contribution in [0.5, 0.6) is 0 Å². The summed E-state index contributed by atoms with van der Waals surface area (Å²) < 4.78 is 0. The molecule has 0 aliphatic rings. The molecule has 0 spiro atoms. The van der Waals surface area contributed by atoms with Crippen LogP contribution in [-0.4, -0.2) is 4.98 Å². The summed E-state index contributed by atoms with van der Waals surface area (Å²) in [7, 11) is 0. The van der Waals surface area contributed by atoms with E-state index in [-0.39, 0.29) is 0 Å². The molecule has 0 fully saturated rings. The Morgan fingerprint density at radius 3 is 2.91 bits per heavy atom. The number of benzene rings is 1. The maximum Gasteiger partial charge on any atom is 0.101 e. The first kappa shape index (κ1) is 6.55. The van der Waals surface area contributed by atoms with Crippen LogP contribution in [-0.2, 0) is 0 Å². The minimum absolute atomic E-state index is 0.669. The molecule has 56 valence electrons. The van der Waals surface area contributed by atoms with Crippen molar-refractivity contribution in [2.45, 2.75) is 0 Å². The van der Waals surface area contributed by atoms with Crippen LogP contribution in [0.25, 0.3) is 10.9 Å². The maximum atomic E-state index is 5.77. The number of hydrogen-bond donors (Lipinski definition) is 2. The first-order chi connectivity index (χ1) is 5.25. The molecule has 0 bridgehead atoms. The van der Waals surface area contributed by atoms with Crippen LogP contribution in [0.1, 0.15) is 0 Å². The van der Waals surface area contributed by atoms with Gasteiger partial charge >= 0.3 is 0 Å². The molecule has 0 amide bonds. The van der Waals surface area contributed by atoms with Crippen molar-refractivity contribution in [3.63, 3.8) is 0 Å². The summed E-state index contributed by atoms with van der Waals surface area (Å²) in [6.07, 6.45) is 0. The zero-order chi connectivity index (χ0) is 7.84. The first-order valence-electron chi connectivity index (χ1n) is 3.29. The molecular weight excluding hydrogens is 160 g/mol. The number of nitrogens with one attached hydrogen (secondary N) is 1. The fourth-order valence-electron chi connectivity index (χ4n) is 1.13. The van der Waals surface area contributed by atoms with Gasteiger partial charge in [0.2, 0.25) is 0 Å². The molecule has 0 aliphatic heterocycles. The zero-order valence-electron chi connectivity index (χ0n) is 5.76. The Labute approximate surface area is 69.0 Å². The Balaban J connectivity index is 2.82. The predicted molar refractivity (Wildman–Crippen MR) is 47.7 cm³/mol. The minimum atomic E-state index is 0.669. The molecule has 2 aromatic rings. The van der Waals surface area contributed by atoms with Crippen molar-refractivity contribution in [1.29, 1.82) is 0 Å². The number of fused-ring (bicyclic) bond motifs is 1. The van der Waals surface area contributed by atoms with E-state index in [1.165, 1.54) is 0 Å². The molecule has 1 heterocycles. The quantitative estimate of drug-likeness (QED) is 0.620. The number of nitrogens with two attached hydrogens (primary N) is 1. The lowest BCUT2D eigenvalue weighted by Crippen LogP contribution is -1.80. The summed E-state index contributed by atoms with van der Waals surface area (Å²) in [6, 6.07) is 7.48. The van der Waals surface area contributed by atoms with Gasteiger partial charge in [-0.2, -0.15) is 0 Å². The highest BCUT2D eigenvalue weighted by atomic mass is 35.5. The topological polar surface area (TPSA) is 41.8 Å². The van der Waals surface area contributed by atoms with E-state index in [0.29, 0.717) is 5.82 Å².